The maximum Gasteiger partial charge on any atom is 0.410 e. The Morgan fingerprint density at radius 3 is 1.71 bits per heavy atom. The fourth-order valence-corrected chi connectivity index (χ4v) is 7.69. The zero-order chi connectivity index (χ0) is 50.3. The molecule has 5 amide bonds. The molecule has 1 saturated carbocycles. The van der Waals surface area contributed by atoms with Gasteiger partial charge in [-0.1, -0.05) is 6.92 Å². The van der Waals surface area contributed by atoms with Gasteiger partial charge in [0, 0.05) is 13.6 Å². The molecule has 13 unspecified atom stereocenters. The molecule has 0 radical (unpaired) electrons. The number of carbonyl (C=O) groups excluding carboxylic acids is 5. The van der Waals surface area contributed by atoms with Crippen LogP contribution in [0.15, 0.2) is 0 Å². The van der Waals surface area contributed by atoms with Gasteiger partial charge in [-0.25, -0.2) is 19.2 Å². The van der Waals surface area contributed by atoms with E-state index in [9.17, 15) is 44.4 Å². The molecule has 3 aliphatic rings. The Hall–Kier alpha value is -3.77. The van der Waals surface area contributed by atoms with Gasteiger partial charge in [0.2, 0.25) is 5.91 Å². The van der Waals surface area contributed by atoms with Gasteiger partial charge in [0.05, 0.1) is 36.9 Å². The van der Waals surface area contributed by atoms with Crippen LogP contribution in [0, 0.1) is 0 Å². The fourth-order valence-electron chi connectivity index (χ4n) is 7.69. The van der Waals surface area contributed by atoms with Crippen LogP contribution in [0.4, 0.5) is 19.2 Å². The van der Waals surface area contributed by atoms with E-state index in [-0.39, 0.29) is 25.5 Å². The van der Waals surface area contributed by atoms with Crippen molar-refractivity contribution in [1.29, 1.82) is 0 Å². The van der Waals surface area contributed by atoms with Gasteiger partial charge in [0.1, 0.15) is 58.5 Å². The maximum atomic E-state index is 13.7. The van der Waals surface area contributed by atoms with E-state index in [1.54, 1.807) is 83.1 Å². The maximum absolute atomic E-state index is 13.7. The van der Waals surface area contributed by atoms with Crippen molar-refractivity contribution in [2.75, 3.05) is 20.2 Å². The molecule has 0 aromatic heterocycles. The summed E-state index contributed by atoms with van der Waals surface area (Å²) in [6.07, 6.45) is -14.0. The van der Waals surface area contributed by atoms with Crippen LogP contribution in [0.25, 0.3) is 0 Å². The molecule has 1 aliphatic carbocycles. The number of rotatable bonds is 13. The highest BCUT2D eigenvalue weighted by atomic mass is 16.7. The Kier molecular flexibility index (Phi) is 19.3. The lowest BCUT2D eigenvalue weighted by Gasteiger charge is -2.51. The zero-order valence-electron chi connectivity index (χ0n) is 41.4. The quantitative estimate of drug-likeness (QED) is 0.123. The van der Waals surface area contributed by atoms with Crippen molar-refractivity contribution in [1.82, 2.24) is 26.2 Å². The number of carbonyl (C=O) groups is 5. The summed E-state index contributed by atoms with van der Waals surface area (Å²) in [5.41, 5.74) is -5.38. The normalized spacial score (nSPS) is 31.3. The van der Waals surface area contributed by atoms with E-state index < -0.39 is 132 Å². The molecule has 382 valence electrons. The third-order valence-electron chi connectivity index (χ3n) is 10.5. The minimum Gasteiger partial charge on any atom is -0.444 e. The summed E-state index contributed by atoms with van der Waals surface area (Å²) in [4.78, 5) is 66.8. The van der Waals surface area contributed by atoms with Crippen molar-refractivity contribution in [2.45, 2.75) is 230 Å². The molecule has 13 atom stereocenters. The van der Waals surface area contributed by atoms with Crippen LogP contribution in [-0.2, 0) is 42.7 Å². The monoisotopic (exact) mass is 950 g/mol. The van der Waals surface area contributed by atoms with E-state index in [0.717, 1.165) is 4.90 Å². The standard InChI is InChI=1S/C44H79N5O17/c1-16-23-17-18-24(47-37(55)64-41(5,6)7)34(60-23)61-31-26(48-38(56)65-42(8,9)10)21-25(46-33(53)27(50)19-20-45-36(54)63-40(2,3)4)30(28(31)51)62-35-29(52)32(44(14,58)22-59-35)49(15)39(57)66-43(11,12)13/h23-32,34-35,50-52,58H,16-22H2,1-15H3,(H,45,54)(H,46,53)(H,47,55)(H,48,56). The van der Waals surface area contributed by atoms with Crippen LogP contribution in [0.5, 0.6) is 0 Å². The van der Waals surface area contributed by atoms with E-state index >= 15 is 0 Å². The Labute approximate surface area is 388 Å². The summed E-state index contributed by atoms with van der Waals surface area (Å²) in [5, 5.41) is 57.4. The summed E-state index contributed by atoms with van der Waals surface area (Å²) in [6, 6.07) is -4.70. The number of aliphatic hydroxyl groups is 4. The van der Waals surface area contributed by atoms with E-state index in [1.165, 1.54) is 14.0 Å². The summed E-state index contributed by atoms with van der Waals surface area (Å²) in [5.74, 6) is -0.958. The minimum atomic E-state index is -1.85. The van der Waals surface area contributed by atoms with Gasteiger partial charge in [0.15, 0.2) is 12.6 Å². The Balaban J connectivity index is 2.07. The minimum absolute atomic E-state index is 0.164. The van der Waals surface area contributed by atoms with Crippen LogP contribution in [0.2, 0.25) is 0 Å². The number of likely N-dealkylation sites (N-methyl/N-ethyl adjacent to an activating group) is 1. The molecule has 3 rings (SSSR count). The first-order valence-corrected chi connectivity index (χ1v) is 22.7. The second kappa shape index (κ2) is 22.6. The Morgan fingerprint density at radius 2 is 1.20 bits per heavy atom. The first-order chi connectivity index (χ1) is 30.1. The lowest BCUT2D eigenvalue weighted by atomic mass is 9.82. The molecule has 0 aromatic carbocycles. The van der Waals surface area contributed by atoms with Crippen molar-refractivity contribution in [2.24, 2.45) is 0 Å². The van der Waals surface area contributed by atoms with Crippen LogP contribution < -0.4 is 21.3 Å². The number of aliphatic hydroxyl groups excluding tert-OH is 3. The number of nitrogens with one attached hydrogen (secondary N) is 4. The van der Waals surface area contributed by atoms with Gasteiger partial charge in [0.25, 0.3) is 0 Å². The Bertz CT molecular complexity index is 1640. The van der Waals surface area contributed by atoms with Gasteiger partial charge < -0.3 is 84.5 Å². The summed E-state index contributed by atoms with van der Waals surface area (Å²) >= 11 is 0. The molecule has 22 nitrogen and oxygen atoms in total. The molecular weight excluding hydrogens is 871 g/mol. The van der Waals surface area contributed by atoms with E-state index in [4.69, 9.17) is 37.9 Å². The lowest BCUT2D eigenvalue weighted by molar-refractivity contribution is -0.314. The van der Waals surface area contributed by atoms with Crippen LogP contribution >= 0.6 is 0 Å². The molecule has 2 aliphatic heterocycles. The molecular formula is C44H79N5O17. The van der Waals surface area contributed by atoms with Crippen molar-refractivity contribution < 1.29 is 82.3 Å². The van der Waals surface area contributed by atoms with Crippen molar-refractivity contribution in [3.63, 3.8) is 0 Å². The number of alkyl carbamates (subject to hydrolysis) is 3. The zero-order valence-corrected chi connectivity index (χ0v) is 41.4. The number of amides is 5. The average molecular weight is 950 g/mol. The number of nitrogens with zero attached hydrogens (tertiary/aromatic N) is 1. The van der Waals surface area contributed by atoms with E-state index in [2.05, 4.69) is 21.3 Å². The predicted octanol–water partition coefficient (Wildman–Crippen LogP) is 2.69. The highest BCUT2D eigenvalue weighted by molar-refractivity contribution is 5.81. The molecule has 0 aromatic rings. The lowest BCUT2D eigenvalue weighted by Crippen LogP contribution is -2.71. The molecule has 0 spiro atoms. The Morgan fingerprint density at radius 1 is 0.712 bits per heavy atom. The van der Waals surface area contributed by atoms with Gasteiger partial charge >= 0.3 is 24.4 Å². The summed E-state index contributed by atoms with van der Waals surface area (Å²) in [6.45, 7) is 22.7. The SMILES string of the molecule is CCC1CCC(NC(=O)OC(C)(C)C)C(OC2C(NC(=O)OC(C)(C)C)CC(NC(=O)C(O)CCNC(=O)OC(C)(C)C)C(OC3OCC(C)(O)C(N(C)C(=O)OC(C)(C)C)C3O)C2O)O1. The van der Waals surface area contributed by atoms with Crippen LogP contribution in [0.3, 0.4) is 0 Å². The third-order valence-corrected chi connectivity index (χ3v) is 10.5. The highest BCUT2D eigenvalue weighted by Gasteiger charge is 2.55. The molecule has 2 heterocycles. The van der Waals surface area contributed by atoms with Crippen molar-refractivity contribution in [3.8, 4) is 0 Å². The molecule has 22 heteroatoms. The van der Waals surface area contributed by atoms with Crippen molar-refractivity contribution >= 4 is 30.3 Å². The molecule has 0 bridgehead atoms. The smallest absolute Gasteiger partial charge is 0.410 e. The average Bonchev–Trinajstić information content (AvgIpc) is 3.12. The largest absolute Gasteiger partial charge is 0.444 e. The first-order valence-electron chi connectivity index (χ1n) is 22.7. The second-order valence-electron chi connectivity index (χ2n) is 21.5. The number of hydrogen-bond donors (Lipinski definition) is 8. The van der Waals surface area contributed by atoms with E-state index in [0.29, 0.717) is 19.3 Å². The summed E-state index contributed by atoms with van der Waals surface area (Å²) < 4.78 is 46.9. The van der Waals surface area contributed by atoms with Crippen LogP contribution in [-0.4, -0.2) is 177 Å². The van der Waals surface area contributed by atoms with Gasteiger partial charge in [-0.05, 0) is 122 Å². The predicted molar refractivity (Wildman–Crippen MR) is 236 cm³/mol. The molecule has 2 saturated heterocycles. The van der Waals surface area contributed by atoms with Gasteiger partial charge in [-0.2, -0.15) is 0 Å². The number of hydrogen-bond acceptors (Lipinski definition) is 17. The van der Waals surface area contributed by atoms with Gasteiger partial charge in [-0.3, -0.25) is 4.79 Å². The second-order valence-corrected chi connectivity index (χ2v) is 21.5. The summed E-state index contributed by atoms with van der Waals surface area (Å²) in [7, 11) is 1.32. The van der Waals surface area contributed by atoms with E-state index in [1.807, 2.05) is 6.92 Å². The van der Waals surface area contributed by atoms with Crippen molar-refractivity contribution in [3.05, 3.63) is 0 Å². The highest BCUT2D eigenvalue weighted by Crippen LogP contribution is 2.35. The fraction of sp³-hybridized carbons (Fsp3) is 0.886. The van der Waals surface area contributed by atoms with Gasteiger partial charge in [-0.15, -0.1) is 0 Å². The molecule has 8 N–H and O–H groups in total. The topological polar surface area (TPSA) is 291 Å². The van der Waals surface area contributed by atoms with Crippen LogP contribution in [0.1, 0.15) is 129 Å². The first kappa shape index (κ1) is 56.6. The molecule has 66 heavy (non-hydrogen) atoms. The number of ether oxygens (including phenoxy) is 8. The third kappa shape index (κ3) is 17.7. The molecule has 3 fully saturated rings.